The average molecular weight is 390 g/mol. The van der Waals surface area contributed by atoms with Gasteiger partial charge in [-0.25, -0.2) is 8.78 Å². The Kier molecular flexibility index (Phi) is 4.68. The van der Waals surface area contributed by atoms with Gasteiger partial charge >= 0.3 is 7.12 Å². The molecule has 150 valence electrons. The zero-order valence-electron chi connectivity index (χ0n) is 16.9. The molecule has 4 nitrogen and oxygen atoms in total. The van der Waals surface area contributed by atoms with Gasteiger partial charge in [0.25, 0.3) is 0 Å². The van der Waals surface area contributed by atoms with Crippen LogP contribution >= 0.6 is 0 Å². The SMILES string of the molecule is COCOc1cc(B2OC(C)(C)C(C)(C)O2)c2c(F)c(F)cc(C3CC3)c2c1. The maximum absolute atomic E-state index is 15.0. The van der Waals surface area contributed by atoms with Crippen LogP contribution in [0.4, 0.5) is 8.78 Å². The van der Waals surface area contributed by atoms with Crippen molar-refractivity contribution in [3.63, 3.8) is 0 Å². The average Bonchev–Trinajstić information content (AvgIpc) is 3.42. The Balaban J connectivity index is 1.93. The Labute approximate surface area is 164 Å². The number of halogens is 2. The summed E-state index contributed by atoms with van der Waals surface area (Å²) in [6.45, 7) is 7.75. The van der Waals surface area contributed by atoms with E-state index >= 15 is 0 Å². The highest BCUT2D eigenvalue weighted by atomic mass is 19.2. The molecule has 0 bridgehead atoms. The fourth-order valence-corrected chi connectivity index (χ4v) is 3.61. The summed E-state index contributed by atoms with van der Waals surface area (Å²) >= 11 is 0. The third-order valence-electron chi connectivity index (χ3n) is 6.03. The Hall–Kier alpha value is -1.70. The van der Waals surface area contributed by atoms with Crippen LogP contribution in [0.25, 0.3) is 10.8 Å². The lowest BCUT2D eigenvalue weighted by Crippen LogP contribution is -2.41. The number of hydrogen-bond acceptors (Lipinski definition) is 4. The topological polar surface area (TPSA) is 36.9 Å². The van der Waals surface area contributed by atoms with Gasteiger partial charge in [-0.05, 0) is 81.1 Å². The number of methoxy groups -OCH3 is 1. The number of ether oxygens (including phenoxy) is 2. The van der Waals surface area contributed by atoms with Crippen LogP contribution < -0.4 is 10.2 Å². The summed E-state index contributed by atoms with van der Waals surface area (Å²) in [5.74, 6) is -0.992. The van der Waals surface area contributed by atoms with Crippen LogP contribution in [0, 0.1) is 11.6 Å². The summed E-state index contributed by atoms with van der Waals surface area (Å²) in [6, 6.07) is 4.71. The van der Waals surface area contributed by atoms with E-state index in [1.165, 1.54) is 13.2 Å². The van der Waals surface area contributed by atoms with Gasteiger partial charge in [0.1, 0.15) is 5.75 Å². The van der Waals surface area contributed by atoms with Crippen LogP contribution in [-0.2, 0) is 14.0 Å². The molecular weight excluding hydrogens is 365 g/mol. The van der Waals surface area contributed by atoms with Crippen LogP contribution in [0.15, 0.2) is 18.2 Å². The van der Waals surface area contributed by atoms with Gasteiger partial charge in [0, 0.05) is 12.5 Å². The summed E-state index contributed by atoms with van der Waals surface area (Å²) in [5, 5.41) is 0.838. The lowest BCUT2D eigenvalue weighted by molar-refractivity contribution is 0.00578. The highest BCUT2D eigenvalue weighted by molar-refractivity contribution is 6.65. The summed E-state index contributed by atoms with van der Waals surface area (Å²) < 4.78 is 52.4. The van der Waals surface area contributed by atoms with Crippen LogP contribution in [0.5, 0.6) is 5.75 Å². The number of hydrogen-bond donors (Lipinski definition) is 0. The second kappa shape index (κ2) is 6.68. The van der Waals surface area contributed by atoms with Crippen LogP contribution in [0.1, 0.15) is 52.0 Å². The molecule has 1 aliphatic heterocycles. The predicted octanol–water partition coefficient (Wildman–Crippen LogP) is 4.28. The molecule has 7 heteroatoms. The fourth-order valence-electron chi connectivity index (χ4n) is 3.61. The first-order valence-electron chi connectivity index (χ1n) is 9.57. The maximum Gasteiger partial charge on any atom is 0.495 e. The van der Waals surface area contributed by atoms with Gasteiger partial charge in [-0.2, -0.15) is 0 Å². The molecule has 0 N–H and O–H groups in total. The van der Waals surface area contributed by atoms with Gasteiger partial charge in [-0.1, -0.05) is 0 Å². The zero-order chi connectivity index (χ0) is 20.3. The molecule has 2 aromatic carbocycles. The van der Waals surface area contributed by atoms with E-state index in [1.54, 1.807) is 12.1 Å². The highest BCUT2D eigenvalue weighted by Gasteiger charge is 2.52. The first-order chi connectivity index (χ1) is 13.1. The molecule has 0 aromatic heterocycles. The third kappa shape index (κ3) is 3.19. The van der Waals surface area contributed by atoms with E-state index in [-0.39, 0.29) is 18.1 Å². The third-order valence-corrected chi connectivity index (χ3v) is 6.03. The second-order valence-corrected chi connectivity index (χ2v) is 8.61. The summed E-state index contributed by atoms with van der Waals surface area (Å²) in [4.78, 5) is 0. The monoisotopic (exact) mass is 390 g/mol. The molecule has 1 aliphatic carbocycles. The quantitative estimate of drug-likeness (QED) is 0.564. The van der Waals surface area contributed by atoms with Crippen molar-refractivity contribution in [2.45, 2.75) is 57.7 Å². The van der Waals surface area contributed by atoms with Crippen LogP contribution in [0.2, 0.25) is 0 Å². The first kappa shape index (κ1) is 19.6. The smallest absolute Gasteiger partial charge is 0.468 e. The molecule has 0 unspecified atom stereocenters. The van der Waals surface area contributed by atoms with Crippen molar-refractivity contribution in [2.75, 3.05) is 13.9 Å². The Bertz CT molecular complexity index is 908. The molecule has 1 heterocycles. The molecular formula is C21H25BF2O4. The van der Waals surface area contributed by atoms with E-state index in [0.29, 0.717) is 16.6 Å². The van der Waals surface area contributed by atoms with Crippen molar-refractivity contribution < 1.29 is 27.6 Å². The lowest BCUT2D eigenvalue weighted by atomic mass is 9.75. The summed E-state index contributed by atoms with van der Waals surface area (Å²) in [7, 11) is 0.697. The van der Waals surface area contributed by atoms with E-state index in [1.807, 2.05) is 27.7 Å². The number of fused-ring (bicyclic) bond motifs is 1. The summed E-state index contributed by atoms with van der Waals surface area (Å²) in [6.07, 6.45) is 1.93. The Morgan fingerprint density at radius 1 is 1.07 bits per heavy atom. The minimum Gasteiger partial charge on any atom is -0.468 e. The van der Waals surface area contributed by atoms with Gasteiger partial charge in [0.15, 0.2) is 18.4 Å². The van der Waals surface area contributed by atoms with Crippen molar-refractivity contribution in [2.24, 2.45) is 0 Å². The second-order valence-electron chi connectivity index (χ2n) is 8.61. The molecule has 1 saturated heterocycles. The van der Waals surface area contributed by atoms with E-state index < -0.39 is 30.0 Å². The van der Waals surface area contributed by atoms with Crippen LogP contribution in [0.3, 0.4) is 0 Å². The van der Waals surface area contributed by atoms with Crippen molar-refractivity contribution in [1.29, 1.82) is 0 Å². The van der Waals surface area contributed by atoms with Crippen molar-refractivity contribution >= 4 is 23.4 Å². The highest BCUT2D eigenvalue weighted by Crippen LogP contribution is 2.45. The molecule has 2 fully saturated rings. The molecule has 1 saturated carbocycles. The van der Waals surface area contributed by atoms with Gasteiger partial charge in [-0.15, -0.1) is 0 Å². The number of benzene rings is 2. The molecule has 4 rings (SSSR count). The number of rotatable bonds is 5. The molecule has 2 aromatic rings. The Morgan fingerprint density at radius 2 is 1.71 bits per heavy atom. The molecule has 0 amide bonds. The molecule has 0 spiro atoms. The molecule has 0 atom stereocenters. The molecule has 2 aliphatic rings. The van der Waals surface area contributed by atoms with Crippen molar-refractivity contribution in [3.8, 4) is 5.75 Å². The standard InChI is InChI=1S/C21H25BF2O4/c1-20(2)21(3,4)28-22(27-20)16-9-13(26-11-25-5)8-15-14(12-6-7-12)10-17(23)19(24)18(15)16/h8-10,12H,6-7,11H2,1-5H3. The predicted molar refractivity (Wildman–Crippen MR) is 104 cm³/mol. The van der Waals surface area contributed by atoms with Crippen molar-refractivity contribution in [3.05, 3.63) is 35.4 Å². The van der Waals surface area contributed by atoms with E-state index in [4.69, 9.17) is 18.8 Å². The first-order valence-corrected chi connectivity index (χ1v) is 9.57. The van der Waals surface area contributed by atoms with Gasteiger partial charge in [0.2, 0.25) is 0 Å². The minimum absolute atomic E-state index is 0.0523. The summed E-state index contributed by atoms with van der Waals surface area (Å²) in [5.41, 5.74) is 0.0307. The normalized spacial score (nSPS) is 20.8. The zero-order valence-corrected chi connectivity index (χ0v) is 16.9. The van der Waals surface area contributed by atoms with Crippen molar-refractivity contribution in [1.82, 2.24) is 0 Å². The molecule has 0 radical (unpaired) electrons. The van der Waals surface area contributed by atoms with Crippen LogP contribution in [-0.4, -0.2) is 32.2 Å². The Morgan fingerprint density at radius 3 is 2.29 bits per heavy atom. The fraction of sp³-hybridized carbons (Fsp3) is 0.524. The largest absolute Gasteiger partial charge is 0.495 e. The van der Waals surface area contributed by atoms with E-state index in [9.17, 15) is 8.78 Å². The van der Waals surface area contributed by atoms with E-state index in [0.717, 1.165) is 18.4 Å². The van der Waals surface area contributed by atoms with E-state index in [2.05, 4.69) is 0 Å². The van der Waals surface area contributed by atoms with Gasteiger partial charge < -0.3 is 18.8 Å². The van der Waals surface area contributed by atoms with Gasteiger partial charge in [-0.3, -0.25) is 0 Å². The molecule has 28 heavy (non-hydrogen) atoms. The van der Waals surface area contributed by atoms with Gasteiger partial charge in [0.05, 0.1) is 11.2 Å². The maximum atomic E-state index is 15.0. The minimum atomic E-state index is -0.887. The lowest BCUT2D eigenvalue weighted by Gasteiger charge is -2.32.